The summed E-state index contributed by atoms with van der Waals surface area (Å²) in [7, 11) is 0. The monoisotopic (exact) mass is 137 g/mol. The molecule has 0 unspecified atom stereocenters. The van der Waals surface area contributed by atoms with E-state index in [4.69, 9.17) is 0 Å². The van der Waals surface area contributed by atoms with Gasteiger partial charge in [-0.15, -0.1) is 0 Å². The van der Waals surface area contributed by atoms with Gasteiger partial charge in [-0.3, -0.25) is 0 Å². The largest absolute Gasteiger partial charge is 0.366 e. The molecule has 0 saturated carbocycles. The molecular formula is C7H6FN2. The lowest BCUT2D eigenvalue weighted by Gasteiger charge is -1.96. The maximum atomic E-state index is 12.8. The molecule has 1 aliphatic heterocycles. The van der Waals surface area contributed by atoms with Crippen LogP contribution in [0, 0.1) is 11.9 Å². The minimum atomic E-state index is -0.248. The Morgan fingerprint density at radius 3 is 3.10 bits per heavy atom. The first-order chi connectivity index (χ1) is 4.88. The molecule has 10 heavy (non-hydrogen) atoms. The van der Waals surface area contributed by atoms with Crippen LogP contribution in [0.5, 0.6) is 0 Å². The predicted octanol–water partition coefficient (Wildman–Crippen LogP) is 1.42. The molecular weight excluding hydrogens is 131 g/mol. The summed E-state index contributed by atoms with van der Waals surface area (Å²) in [6, 6.07) is 5.72. The molecule has 0 fully saturated rings. The van der Waals surface area contributed by atoms with Gasteiger partial charge in [0, 0.05) is 0 Å². The van der Waals surface area contributed by atoms with Crippen LogP contribution in [0.1, 0.15) is 0 Å². The highest BCUT2D eigenvalue weighted by molar-refractivity contribution is 5.73. The molecule has 0 amide bonds. The van der Waals surface area contributed by atoms with Gasteiger partial charge in [-0.1, -0.05) is 0 Å². The Bertz CT molecular complexity index is 260. The molecule has 1 aromatic carbocycles. The number of benzene rings is 1. The van der Waals surface area contributed by atoms with Gasteiger partial charge in [-0.25, -0.2) is 4.39 Å². The number of nitrogens with one attached hydrogen (secondary N) is 2. The van der Waals surface area contributed by atoms with E-state index in [2.05, 4.69) is 16.7 Å². The first-order valence-corrected chi connectivity index (χ1v) is 3.05. The minimum Gasteiger partial charge on any atom is -0.366 e. The maximum Gasteiger partial charge on any atom is 0.149 e. The number of hydrogen-bond donors (Lipinski definition) is 2. The Labute approximate surface area is 58.1 Å². The lowest BCUT2D eigenvalue weighted by molar-refractivity contribution is 0.632. The van der Waals surface area contributed by atoms with E-state index < -0.39 is 0 Å². The quantitative estimate of drug-likeness (QED) is 0.565. The van der Waals surface area contributed by atoms with Crippen LogP contribution in [-0.2, 0) is 0 Å². The van der Waals surface area contributed by atoms with Crippen LogP contribution in [0.4, 0.5) is 15.8 Å². The van der Waals surface area contributed by atoms with Crippen molar-refractivity contribution in [2.75, 3.05) is 17.3 Å². The summed E-state index contributed by atoms with van der Waals surface area (Å²) < 4.78 is 12.8. The molecule has 0 aromatic heterocycles. The molecule has 0 saturated heterocycles. The lowest BCUT2D eigenvalue weighted by atomic mass is 10.3. The van der Waals surface area contributed by atoms with Crippen LogP contribution in [0.3, 0.4) is 0 Å². The van der Waals surface area contributed by atoms with Crippen molar-refractivity contribution in [3.8, 4) is 0 Å². The van der Waals surface area contributed by atoms with E-state index in [1.807, 2.05) is 0 Å². The molecule has 2 N–H and O–H groups in total. The van der Waals surface area contributed by atoms with Crippen LogP contribution in [0.2, 0.25) is 0 Å². The highest BCUT2D eigenvalue weighted by Gasteiger charge is 2.11. The smallest absolute Gasteiger partial charge is 0.149 e. The van der Waals surface area contributed by atoms with E-state index in [1.54, 1.807) is 6.07 Å². The topological polar surface area (TPSA) is 24.1 Å². The summed E-state index contributed by atoms with van der Waals surface area (Å²) in [4.78, 5) is 0. The fourth-order valence-electron chi connectivity index (χ4n) is 1.02. The van der Waals surface area contributed by atoms with Crippen LogP contribution in [0.25, 0.3) is 0 Å². The molecule has 0 atom stereocenters. The summed E-state index contributed by atoms with van der Waals surface area (Å²) in [5, 5.41) is 5.82. The molecule has 1 aromatic rings. The summed E-state index contributed by atoms with van der Waals surface area (Å²) in [5.74, 6) is -0.248. The van der Waals surface area contributed by atoms with Gasteiger partial charge in [0.1, 0.15) is 5.82 Å². The van der Waals surface area contributed by atoms with Gasteiger partial charge < -0.3 is 10.6 Å². The van der Waals surface area contributed by atoms with Crippen molar-refractivity contribution in [1.29, 1.82) is 0 Å². The predicted molar refractivity (Wildman–Crippen MR) is 37.3 cm³/mol. The van der Waals surface area contributed by atoms with Crippen molar-refractivity contribution in [2.24, 2.45) is 0 Å². The average Bonchev–Trinajstić information content (AvgIpc) is 2.36. The summed E-state index contributed by atoms with van der Waals surface area (Å²) in [6.07, 6.45) is 0. The van der Waals surface area contributed by atoms with Gasteiger partial charge in [0.25, 0.3) is 0 Å². The first kappa shape index (κ1) is 5.53. The Morgan fingerprint density at radius 1 is 1.40 bits per heavy atom. The maximum absolute atomic E-state index is 12.8. The zero-order chi connectivity index (χ0) is 6.97. The fraction of sp³-hybridized carbons (Fsp3) is 0.143. The molecule has 1 heterocycles. The van der Waals surface area contributed by atoms with Crippen molar-refractivity contribution in [3.63, 3.8) is 0 Å². The van der Waals surface area contributed by atoms with Crippen LogP contribution in [-0.4, -0.2) is 6.67 Å². The SMILES string of the molecule is Fc1c[c]cc2c1NCN2. The minimum absolute atomic E-state index is 0.248. The van der Waals surface area contributed by atoms with Crippen LogP contribution >= 0.6 is 0 Å². The molecule has 2 rings (SSSR count). The van der Waals surface area contributed by atoms with Crippen molar-refractivity contribution >= 4 is 11.4 Å². The molecule has 1 aliphatic rings. The Morgan fingerprint density at radius 2 is 2.30 bits per heavy atom. The van der Waals surface area contributed by atoms with E-state index in [9.17, 15) is 4.39 Å². The second-order valence-corrected chi connectivity index (χ2v) is 2.12. The third kappa shape index (κ3) is 0.635. The first-order valence-electron chi connectivity index (χ1n) is 3.05. The summed E-state index contributed by atoms with van der Waals surface area (Å²) >= 11 is 0. The molecule has 0 spiro atoms. The van der Waals surface area contributed by atoms with Crippen molar-refractivity contribution in [1.82, 2.24) is 0 Å². The number of fused-ring (bicyclic) bond motifs is 1. The normalized spacial score (nSPS) is 13.7. The molecule has 3 heteroatoms. The van der Waals surface area contributed by atoms with Gasteiger partial charge in [0.2, 0.25) is 0 Å². The Hall–Kier alpha value is -1.25. The second-order valence-electron chi connectivity index (χ2n) is 2.12. The fourth-order valence-corrected chi connectivity index (χ4v) is 1.02. The van der Waals surface area contributed by atoms with Gasteiger partial charge >= 0.3 is 0 Å². The van der Waals surface area contributed by atoms with Crippen LogP contribution in [0.15, 0.2) is 12.1 Å². The van der Waals surface area contributed by atoms with Gasteiger partial charge in [0.05, 0.1) is 18.0 Å². The van der Waals surface area contributed by atoms with E-state index in [0.29, 0.717) is 12.4 Å². The molecule has 0 bridgehead atoms. The lowest BCUT2D eigenvalue weighted by Crippen LogP contribution is -1.99. The summed E-state index contributed by atoms with van der Waals surface area (Å²) in [5.41, 5.74) is 1.35. The van der Waals surface area contributed by atoms with E-state index in [-0.39, 0.29) is 5.82 Å². The third-order valence-corrected chi connectivity index (χ3v) is 1.49. The molecule has 2 nitrogen and oxygen atoms in total. The third-order valence-electron chi connectivity index (χ3n) is 1.49. The molecule has 0 aliphatic carbocycles. The van der Waals surface area contributed by atoms with Crippen molar-refractivity contribution in [3.05, 3.63) is 24.0 Å². The van der Waals surface area contributed by atoms with Gasteiger partial charge in [-0.2, -0.15) is 0 Å². The van der Waals surface area contributed by atoms with E-state index >= 15 is 0 Å². The van der Waals surface area contributed by atoms with Gasteiger partial charge in [-0.05, 0) is 18.2 Å². The zero-order valence-corrected chi connectivity index (χ0v) is 5.24. The van der Waals surface area contributed by atoms with Crippen molar-refractivity contribution in [2.45, 2.75) is 0 Å². The number of rotatable bonds is 0. The van der Waals surface area contributed by atoms with E-state index in [1.165, 1.54) is 6.07 Å². The summed E-state index contributed by atoms with van der Waals surface area (Å²) in [6.45, 7) is 0.601. The standard InChI is InChI=1S/C7H6FN2/c8-5-2-1-3-6-7(5)10-4-9-6/h2-3,9-10H,4H2. The van der Waals surface area contributed by atoms with Crippen LogP contribution < -0.4 is 10.6 Å². The highest BCUT2D eigenvalue weighted by atomic mass is 19.1. The zero-order valence-electron chi connectivity index (χ0n) is 5.24. The average molecular weight is 137 g/mol. The van der Waals surface area contributed by atoms with Gasteiger partial charge in [0.15, 0.2) is 0 Å². The molecule has 51 valence electrons. The Balaban J connectivity index is 2.59. The second kappa shape index (κ2) is 1.87. The number of halogens is 1. The number of anilines is 2. The molecule has 1 radical (unpaired) electrons. The van der Waals surface area contributed by atoms with E-state index in [0.717, 1.165) is 5.69 Å². The Kier molecular flexibility index (Phi) is 1.03. The number of hydrogen-bond acceptors (Lipinski definition) is 2. The van der Waals surface area contributed by atoms with Crippen molar-refractivity contribution < 1.29 is 4.39 Å². The highest BCUT2D eigenvalue weighted by Crippen LogP contribution is 2.27.